The third-order valence-electron chi connectivity index (χ3n) is 2.70. The molecule has 78 valence electrons. The first-order chi connectivity index (χ1) is 6.77. The SMILES string of the molecule is Nc1nnc(CNC2CCCC2)n1N. The summed E-state index contributed by atoms with van der Waals surface area (Å²) < 4.78 is 1.32. The van der Waals surface area contributed by atoms with Crippen LogP contribution in [0.3, 0.4) is 0 Å². The topological polar surface area (TPSA) is 94.8 Å². The zero-order valence-corrected chi connectivity index (χ0v) is 8.11. The Morgan fingerprint density at radius 1 is 1.36 bits per heavy atom. The fourth-order valence-electron chi connectivity index (χ4n) is 1.82. The van der Waals surface area contributed by atoms with Crippen LogP contribution >= 0.6 is 0 Å². The molecule has 0 saturated heterocycles. The van der Waals surface area contributed by atoms with Gasteiger partial charge in [0.15, 0.2) is 5.82 Å². The van der Waals surface area contributed by atoms with Gasteiger partial charge in [-0.15, -0.1) is 10.2 Å². The maximum absolute atomic E-state index is 5.61. The molecule has 0 radical (unpaired) electrons. The van der Waals surface area contributed by atoms with Crippen LogP contribution in [-0.2, 0) is 6.54 Å². The Kier molecular flexibility index (Phi) is 2.53. The van der Waals surface area contributed by atoms with E-state index < -0.39 is 0 Å². The van der Waals surface area contributed by atoms with Crippen LogP contribution in [0.5, 0.6) is 0 Å². The molecule has 0 aromatic carbocycles. The maximum atomic E-state index is 5.61. The van der Waals surface area contributed by atoms with Crippen molar-refractivity contribution in [2.45, 2.75) is 38.3 Å². The third kappa shape index (κ3) is 1.79. The Bertz CT molecular complexity index is 301. The smallest absolute Gasteiger partial charge is 0.240 e. The molecule has 2 rings (SSSR count). The summed E-state index contributed by atoms with van der Waals surface area (Å²) in [6, 6.07) is 0.605. The van der Waals surface area contributed by atoms with Crippen LogP contribution in [0.15, 0.2) is 0 Å². The zero-order chi connectivity index (χ0) is 9.97. The number of aromatic nitrogens is 3. The first-order valence-electron chi connectivity index (χ1n) is 4.95. The number of nitrogens with zero attached hydrogens (tertiary/aromatic N) is 3. The molecule has 0 unspecified atom stereocenters. The van der Waals surface area contributed by atoms with Gasteiger partial charge in [-0.2, -0.15) is 0 Å². The van der Waals surface area contributed by atoms with Gasteiger partial charge < -0.3 is 16.9 Å². The van der Waals surface area contributed by atoms with Gasteiger partial charge in [0.05, 0.1) is 6.54 Å². The van der Waals surface area contributed by atoms with Gasteiger partial charge in [0.1, 0.15) is 0 Å². The van der Waals surface area contributed by atoms with Gasteiger partial charge >= 0.3 is 0 Å². The molecule has 6 heteroatoms. The second kappa shape index (κ2) is 3.83. The van der Waals surface area contributed by atoms with Crippen molar-refractivity contribution in [2.75, 3.05) is 11.6 Å². The van der Waals surface area contributed by atoms with Gasteiger partial charge in [0.2, 0.25) is 5.95 Å². The van der Waals surface area contributed by atoms with Crippen molar-refractivity contribution in [3.8, 4) is 0 Å². The fourth-order valence-corrected chi connectivity index (χ4v) is 1.82. The van der Waals surface area contributed by atoms with Crippen molar-refractivity contribution in [3.05, 3.63) is 5.82 Å². The van der Waals surface area contributed by atoms with Crippen LogP contribution in [0.2, 0.25) is 0 Å². The van der Waals surface area contributed by atoms with E-state index in [0.29, 0.717) is 18.4 Å². The number of nitrogen functional groups attached to an aromatic ring is 2. The van der Waals surface area contributed by atoms with Gasteiger partial charge in [-0.25, -0.2) is 4.68 Å². The molecule has 1 fully saturated rings. The minimum Gasteiger partial charge on any atom is -0.366 e. The summed E-state index contributed by atoms with van der Waals surface area (Å²) in [5.41, 5.74) is 5.46. The molecule has 0 bridgehead atoms. The molecule has 1 aromatic heterocycles. The molecule has 14 heavy (non-hydrogen) atoms. The summed E-state index contributed by atoms with van der Waals surface area (Å²) in [5.74, 6) is 6.56. The molecule has 1 aliphatic carbocycles. The molecule has 0 spiro atoms. The highest BCUT2D eigenvalue weighted by Gasteiger charge is 2.15. The lowest BCUT2D eigenvalue weighted by Crippen LogP contribution is -2.28. The van der Waals surface area contributed by atoms with Crippen molar-refractivity contribution < 1.29 is 0 Å². The van der Waals surface area contributed by atoms with Crippen LogP contribution < -0.4 is 16.9 Å². The number of nitrogens with two attached hydrogens (primary N) is 2. The predicted octanol–water partition coefficient (Wildman–Crippen LogP) is -0.394. The van der Waals surface area contributed by atoms with Gasteiger partial charge in [0, 0.05) is 6.04 Å². The van der Waals surface area contributed by atoms with E-state index in [1.54, 1.807) is 0 Å². The first-order valence-corrected chi connectivity index (χ1v) is 4.95. The summed E-state index contributed by atoms with van der Waals surface area (Å²) in [6.07, 6.45) is 5.12. The van der Waals surface area contributed by atoms with Crippen LogP contribution in [-0.4, -0.2) is 20.9 Å². The molecule has 5 N–H and O–H groups in total. The van der Waals surface area contributed by atoms with E-state index in [9.17, 15) is 0 Å². The maximum Gasteiger partial charge on any atom is 0.240 e. The lowest BCUT2D eigenvalue weighted by molar-refractivity contribution is 0.509. The number of nitrogens with one attached hydrogen (secondary N) is 1. The van der Waals surface area contributed by atoms with Crippen molar-refractivity contribution in [1.82, 2.24) is 20.2 Å². The van der Waals surface area contributed by atoms with E-state index in [2.05, 4.69) is 15.5 Å². The second-order valence-corrected chi connectivity index (χ2v) is 3.71. The Morgan fingerprint density at radius 3 is 2.64 bits per heavy atom. The minimum atomic E-state index is 0.258. The summed E-state index contributed by atoms with van der Waals surface area (Å²) in [4.78, 5) is 0. The largest absolute Gasteiger partial charge is 0.366 e. The highest BCUT2D eigenvalue weighted by atomic mass is 15.4. The number of anilines is 1. The van der Waals surface area contributed by atoms with Crippen LogP contribution in [0.4, 0.5) is 5.95 Å². The van der Waals surface area contributed by atoms with Gasteiger partial charge in [-0.3, -0.25) is 0 Å². The van der Waals surface area contributed by atoms with Gasteiger partial charge in [-0.1, -0.05) is 12.8 Å². The molecular weight excluding hydrogens is 180 g/mol. The van der Waals surface area contributed by atoms with Crippen molar-refractivity contribution in [3.63, 3.8) is 0 Å². The average molecular weight is 196 g/mol. The Hall–Kier alpha value is -1.30. The summed E-state index contributed by atoms with van der Waals surface area (Å²) in [7, 11) is 0. The molecule has 1 aliphatic rings. The number of hydrogen-bond donors (Lipinski definition) is 3. The number of rotatable bonds is 3. The lowest BCUT2D eigenvalue weighted by Gasteiger charge is -2.10. The van der Waals surface area contributed by atoms with Gasteiger partial charge in [0.25, 0.3) is 0 Å². The van der Waals surface area contributed by atoms with E-state index in [1.165, 1.54) is 30.4 Å². The zero-order valence-electron chi connectivity index (χ0n) is 8.11. The molecule has 0 atom stereocenters. The van der Waals surface area contributed by atoms with Crippen molar-refractivity contribution in [2.24, 2.45) is 0 Å². The Morgan fingerprint density at radius 2 is 2.07 bits per heavy atom. The van der Waals surface area contributed by atoms with Crippen molar-refractivity contribution >= 4 is 5.95 Å². The predicted molar refractivity (Wildman–Crippen MR) is 53.7 cm³/mol. The fraction of sp³-hybridized carbons (Fsp3) is 0.750. The quantitative estimate of drug-likeness (QED) is 0.572. The van der Waals surface area contributed by atoms with E-state index >= 15 is 0 Å². The van der Waals surface area contributed by atoms with E-state index in [4.69, 9.17) is 11.6 Å². The Balaban J connectivity index is 1.88. The van der Waals surface area contributed by atoms with Crippen molar-refractivity contribution in [1.29, 1.82) is 0 Å². The van der Waals surface area contributed by atoms with E-state index in [0.717, 1.165) is 0 Å². The number of hydrogen-bond acceptors (Lipinski definition) is 5. The minimum absolute atomic E-state index is 0.258. The molecule has 1 saturated carbocycles. The van der Waals surface area contributed by atoms with E-state index in [1.807, 2.05) is 0 Å². The molecule has 0 amide bonds. The highest BCUT2D eigenvalue weighted by Crippen LogP contribution is 2.17. The van der Waals surface area contributed by atoms with Crippen LogP contribution in [0.1, 0.15) is 31.5 Å². The molecule has 0 aliphatic heterocycles. The van der Waals surface area contributed by atoms with Crippen LogP contribution in [0, 0.1) is 0 Å². The monoisotopic (exact) mass is 196 g/mol. The van der Waals surface area contributed by atoms with Gasteiger partial charge in [-0.05, 0) is 12.8 Å². The second-order valence-electron chi connectivity index (χ2n) is 3.71. The Labute approximate surface area is 82.6 Å². The third-order valence-corrected chi connectivity index (χ3v) is 2.70. The normalized spacial score (nSPS) is 17.7. The standard InChI is InChI=1S/C8H16N6/c9-8-13-12-7(14(8)10)5-11-6-3-1-2-4-6/h6,11H,1-5,10H2,(H2,9,13). The molecule has 1 heterocycles. The average Bonchev–Trinajstić information content (AvgIpc) is 2.77. The summed E-state index contributed by atoms with van der Waals surface area (Å²) >= 11 is 0. The molecular formula is C8H16N6. The van der Waals surface area contributed by atoms with Crippen LogP contribution in [0.25, 0.3) is 0 Å². The highest BCUT2D eigenvalue weighted by molar-refractivity contribution is 5.16. The summed E-state index contributed by atoms with van der Waals surface area (Å²) in [5, 5.41) is 11.0. The van der Waals surface area contributed by atoms with E-state index in [-0.39, 0.29) is 5.95 Å². The first kappa shape index (κ1) is 9.26. The molecule has 6 nitrogen and oxygen atoms in total. The lowest BCUT2D eigenvalue weighted by atomic mass is 10.2. The molecule has 1 aromatic rings. The summed E-state index contributed by atoms with van der Waals surface area (Å²) in [6.45, 7) is 0.644.